The number of nitrogens with zero attached hydrogens (tertiary/aromatic N) is 2. The molecule has 1 fully saturated rings. The lowest BCUT2D eigenvalue weighted by Crippen LogP contribution is -2.42. The predicted molar refractivity (Wildman–Crippen MR) is 74.6 cm³/mol. The van der Waals surface area contributed by atoms with Gasteiger partial charge in [0.2, 0.25) is 5.91 Å². The van der Waals surface area contributed by atoms with E-state index in [1.54, 1.807) is 12.5 Å². The number of hydrogen-bond acceptors (Lipinski definition) is 3. The fourth-order valence-corrected chi connectivity index (χ4v) is 2.79. The predicted octanol–water partition coefficient (Wildman–Crippen LogP) is 1.91. The van der Waals surface area contributed by atoms with Crippen LogP contribution >= 0.6 is 0 Å². The van der Waals surface area contributed by atoms with E-state index < -0.39 is 6.04 Å². The van der Waals surface area contributed by atoms with E-state index >= 15 is 0 Å². The summed E-state index contributed by atoms with van der Waals surface area (Å²) in [6.07, 6.45) is 9.51. The minimum atomic E-state index is -0.437. The Morgan fingerprint density at radius 2 is 2.11 bits per heavy atom. The smallest absolute Gasteiger partial charge is 0.240 e. The Labute approximate surface area is 114 Å². The molecule has 1 aliphatic carbocycles. The Kier molecular flexibility index (Phi) is 4.58. The van der Waals surface area contributed by atoms with Gasteiger partial charge >= 0.3 is 0 Å². The number of nitrogens with one attached hydrogen (secondary N) is 1. The molecule has 1 aliphatic rings. The second kappa shape index (κ2) is 6.19. The van der Waals surface area contributed by atoms with Gasteiger partial charge in [0.25, 0.3) is 0 Å². The molecule has 1 amide bonds. The number of carbonyl (C=O) groups excluding carboxylic acids is 1. The van der Waals surface area contributed by atoms with Gasteiger partial charge < -0.3 is 10.3 Å². The molecule has 0 radical (unpaired) electrons. The number of nitrogens with two attached hydrogens (primary N) is 1. The number of carbonyl (C=O) groups is 1. The molecular weight excluding hydrogens is 240 g/mol. The third kappa shape index (κ3) is 3.35. The summed E-state index contributed by atoms with van der Waals surface area (Å²) in [4.78, 5) is 15.9. The molecule has 0 saturated heterocycles. The van der Waals surface area contributed by atoms with Crippen molar-refractivity contribution in [3.63, 3.8) is 0 Å². The van der Waals surface area contributed by atoms with E-state index in [0.717, 1.165) is 18.5 Å². The molecule has 1 atom stereocenters. The molecule has 1 heterocycles. The summed E-state index contributed by atoms with van der Waals surface area (Å²) < 4.78 is 2.01. The molecule has 1 unspecified atom stereocenters. The van der Waals surface area contributed by atoms with Gasteiger partial charge in [-0.2, -0.15) is 0 Å². The molecule has 5 heteroatoms. The maximum absolute atomic E-state index is 11.8. The van der Waals surface area contributed by atoms with Crippen LogP contribution in [0.25, 0.3) is 0 Å². The van der Waals surface area contributed by atoms with E-state index in [1.807, 2.05) is 4.57 Å². The summed E-state index contributed by atoms with van der Waals surface area (Å²) in [5, 5.41) is 3.42. The molecule has 3 N–H and O–H groups in total. The SMILES string of the molecule is CC(C)n1cncc1C(NC1CCCCC1)C(N)=O. The fourth-order valence-electron chi connectivity index (χ4n) is 2.79. The van der Waals surface area contributed by atoms with Crippen molar-refractivity contribution < 1.29 is 4.79 Å². The molecule has 2 rings (SSSR count). The Hall–Kier alpha value is -1.36. The van der Waals surface area contributed by atoms with Crippen molar-refractivity contribution >= 4 is 5.91 Å². The average Bonchev–Trinajstić information content (AvgIpc) is 2.86. The average molecular weight is 264 g/mol. The molecule has 1 aromatic rings. The van der Waals surface area contributed by atoms with Gasteiger partial charge in [-0.1, -0.05) is 19.3 Å². The first-order chi connectivity index (χ1) is 9.09. The van der Waals surface area contributed by atoms with Crippen LogP contribution in [0.1, 0.15) is 63.7 Å². The van der Waals surface area contributed by atoms with Crippen LogP contribution < -0.4 is 11.1 Å². The first-order valence-corrected chi connectivity index (χ1v) is 7.16. The lowest BCUT2D eigenvalue weighted by molar-refractivity contribution is -0.120. The molecule has 0 aromatic carbocycles. The Morgan fingerprint density at radius 3 is 2.68 bits per heavy atom. The number of hydrogen-bond donors (Lipinski definition) is 2. The van der Waals surface area contributed by atoms with E-state index in [4.69, 9.17) is 5.73 Å². The number of rotatable bonds is 5. The van der Waals surface area contributed by atoms with Crippen LogP contribution in [0.3, 0.4) is 0 Å². The van der Waals surface area contributed by atoms with Gasteiger partial charge in [0, 0.05) is 12.1 Å². The highest BCUT2D eigenvalue weighted by atomic mass is 16.1. The summed E-state index contributed by atoms with van der Waals surface area (Å²) in [5.41, 5.74) is 6.44. The van der Waals surface area contributed by atoms with Crippen molar-refractivity contribution in [2.45, 2.75) is 64.1 Å². The summed E-state index contributed by atoms with van der Waals surface area (Å²) in [7, 11) is 0. The first-order valence-electron chi connectivity index (χ1n) is 7.16. The Morgan fingerprint density at radius 1 is 1.42 bits per heavy atom. The molecule has 0 spiro atoms. The largest absolute Gasteiger partial charge is 0.368 e. The third-order valence-corrected chi connectivity index (χ3v) is 3.84. The standard InChI is InChI=1S/C14H24N4O/c1-10(2)18-9-16-8-12(18)13(14(15)19)17-11-6-4-3-5-7-11/h8-11,13,17H,3-7H2,1-2H3,(H2,15,19). The van der Waals surface area contributed by atoms with E-state index in [2.05, 4.69) is 24.1 Å². The third-order valence-electron chi connectivity index (χ3n) is 3.84. The highest BCUT2D eigenvalue weighted by Gasteiger charge is 2.26. The lowest BCUT2D eigenvalue weighted by Gasteiger charge is -2.28. The zero-order chi connectivity index (χ0) is 13.8. The monoisotopic (exact) mass is 264 g/mol. The van der Waals surface area contributed by atoms with Crippen molar-refractivity contribution in [3.8, 4) is 0 Å². The van der Waals surface area contributed by atoms with Crippen LogP contribution in [0.15, 0.2) is 12.5 Å². The van der Waals surface area contributed by atoms with Crippen LogP contribution in [-0.4, -0.2) is 21.5 Å². The van der Waals surface area contributed by atoms with Crippen molar-refractivity contribution in [1.82, 2.24) is 14.9 Å². The van der Waals surface area contributed by atoms with Gasteiger partial charge in [-0.05, 0) is 26.7 Å². The van der Waals surface area contributed by atoms with Crippen molar-refractivity contribution in [2.24, 2.45) is 5.73 Å². The molecule has 1 aromatic heterocycles. The van der Waals surface area contributed by atoms with Gasteiger partial charge in [-0.15, -0.1) is 0 Å². The normalized spacial score (nSPS) is 18.7. The van der Waals surface area contributed by atoms with E-state index in [-0.39, 0.29) is 11.9 Å². The zero-order valence-electron chi connectivity index (χ0n) is 11.8. The molecular formula is C14H24N4O. The summed E-state index contributed by atoms with van der Waals surface area (Å²) >= 11 is 0. The number of primary amides is 1. The quantitative estimate of drug-likeness (QED) is 0.853. The fraction of sp³-hybridized carbons (Fsp3) is 0.714. The summed E-state index contributed by atoms with van der Waals surface area (Å²) in [5.74, 6) is -0.326. The number of aromatic nitrogens is 2. The van der Waals surface area contributed by atoms with Crippen LogP contribution in [0, 0.1) is 0 Å². The lowest BCUT2D eigenvalue weighted by atomic mass is 9.94. The van der Waals surface area contributed by atoms with E-state index in [1.165, 1.54) is 19.3 Å². The van der Waals surface area contributed by atoms with Gasteiger partial charge in [-0.25, -0.2) is 4.98 Å². The van der Waals surface area contributed by atoms with Crippen molar-refractivity contribution in [2.75, 3.05) is 0 Å². The van der Waals surface area contributed by atoms with Gasteiger partial charge in [-0.3, -0.25) is 10.1 Å². The van der Waals surface area contributed by atoms with E-state index in [0.29, 0.717) is 6.04 Å². The maximum atomic E-state index is 11.8. The summed E-state index contributed by atoms with van der Waals surface area (Å²) in [6, 6.07) is 0.224. The first kappa shape index (κ1) is 14.1. The second-order valence-corrected chi connectivity index (χ2v) is 5.66. The van der Waals surface area contributed by atoms with Crippen LogP contribution in [-0.2, 0) is 4.79 Å². The van der Waals surface area contributed by atoms with Gasteiger partial charge in [0.15, 0.2) is 0 Å². The number of imidazole rings is 1. The molecule has 106 valence electrons. The van der Waals surface area contributed by atoms with Crippen molar-refractivity contribution in [1.29, 1.82) is 0 Å². The molecule has 1 saturated carbocycles. The molecule has 0 bridgehead atoms. The van der Waals surface area contributed by atoms with Crippen molar-refractivity contribution in [3.05, 3.63) is 18.2 Å². The van der Waals surface area contributed by atoms with Gasteiger partial charge in [0.1, 0.15) is 6.04 Å². The molecule has 5 nitrogen and oxygen atoms in total. The van der Waals surface area contributed by atoms with Crippen LogP contribution in [0.5, 0.6) is 0 Å². The minimum Gasteiger partial charge on any atom is -0.368 e. The van der Waals surface area contributed by atoms with Crippen LogP contribution in [0.4, 0.5) is 0 Å². The Balaban J connectivity index is 2.14. The van der Waals surface area contributed by atoms with Gasteiger partial charge in [0.05, 0.1) is 18.2 Å². The zero-order valence-corrected chi connectivity index (χ0v) is 11.8. The van der Waals surface area contributed by atoms with E-state index in [9.17, 15) is 4.79 Å². The second-order valence-electron chi connectivity index (χ2n) is 5.66. The minimum absolute atomic E-state index is 0.271. The highest BCUT2D eigenvalue weighted by Crippen LogP contribution is 2.23. The summed E-state index contributed by atoms with van der Waals surface area (Å²) in [6.45, 7) is 4.15. The highest BCUT2D eigenvalue weighted by molar-refractivity contribution is 5.81. The molecule has 19 heavy (non-hydrogen) atoms. The topological polar surface area (TPSA) is 72.9 Å². The Bertz CT molecular complexity index is 421. The van der Waals surface area contributed by atoms with Crippen LogP contribution in [0.2, 0.25) is 0 Å². The molecule has 0 aliphatic heterocycles. The number of amides is 1. The maximum Gasteiger partial charge on any atom is 0.240 e.